The highest BCUT2D eigenvalue weighted by molar-refractivity contribution is 7.89. The number of nitrogens with two attached hydrogens (primary N) is 1. The molecule has 0 atom stereocenters. The molecule has 0 unspecified atom stereocenters. The van der Waals surface area contributed by atoms with Crippen molar-refractivity contribution in [2.45, 2.75) is 11.4 Å². The number of nitrogens with zero attached hydrogens (tertiary/aromatic N) is 3. The minimum absolute atomic E-state index is 0.0676. The third kappa shape index (κ3) is 3.59. The van der Waals surface area contributed by atoms with Crippen molar-refractivity contribution < 1.29 is 8.42 Å². The molecule has 2 heterocycles. The topological polar surface area (TPSA) is 103 Å². The van der Waals surface area contributed by atoms with E-state index in [0.29, 0.717) is 12.2 Å². The van der Waals surface area contributed by atoms with Crippen LogP contribution in [0.5, 0.6) is 0 Å². The standard InChI is InChI=1S/C11H13N5O2S2/c12-11(19)10-3-2-9(8-13-10)20(17,18)15-5-7-16-6-1-4-14-16/h1-4,6,8,15H,5,7H2,(H2,12,19). The lowest BCUT2D eigenvalue weighted by molar-refractivity contribution is 0.560. The number of rotatable bonds is 6. The summed E-state index contributed by atoms with van der Waals surface area (Å²) < 4.78 is 28.1. The Labute approximate surface area is 121 Å². The molecule has 2 aromatic rings. The van der Waals surface area contributed by atoms with E-state index in [-0.39, 0.29) is 16.4 Å². The van der Waals surface area contributed by atoms with Crippen LogP contribution in [0.4, 0.5) is 0 Å². The summed E-state index contributed by atoms with van der Waals surface area (Å²) in [4.78, 5) is 4.09. The van der Waals surface area contributed by atoms with E-state index in [4.69, 9.17) is 18.0 Å². The Morgan fingerprint density at radius 2 is 2.25 bits per heavy atom. The van der Waals surface area contributed by atoms with E-state index in [1.807, 2.05) is 0 Å². The summed E-state index contributed by atoms with van der Waals surface area (Å²) in [6.07, 6.45) is 4.62. The Kier molecular flexibility index (Phi) is 4.42. The fourth-order valence-electron chi connectivity index (χ4n) is 1.50. The molecule has 7 nitrogen and oxygen atoms in total. The van der Waals surface area contributed by atoms with Crippen LogP contribution >= 0.6 is 12.2 Å². The van der Waals surface area contributed by atoms with Gasteiger partial charge >= 0.3 is 0 Å². The molecule has 0 aliphatic carbocycles. The zero-order valence-corrected chi connectivity index (χ0v) is 12.1. The molecule has 9 heteroatoms. The zero-order valence-electron chi connectivity index (χ0n) is 10.4. The van der Waals surface area contributed by atoms with Crippen LogP contribution in [0.3, 0.4) is 0 Å². The summed E-state index contributed by atoms with van der Waals surface area (Å²) in [5.74, 6) is 0. The molecule has 0 spiro atoms. The predicted octanol–water partition coefficient (Wildman–Crippen LogP) is -0.109. The largest absolute Gasteiger partial charge is 0.388 e. The van der Waals surface area contributed by atoms with Crippen LogP contribution in [-0.4, -0.2) is 34.7 Å². The number of hydrogen-bond donors (Lipinski definition) is 2. The number of aromatic nitrogens is 3. The molecule has 0 bridgehead atoms. The minimum Gasteiger partial charge on any atom is -0.388 e. The highest BCUT2D eigenvalue weighted by atomic mass is 32.2. The van der Waals surface area contributed by atoms with Gasteiger partial charge < -0.3 is 5.73 Å². The maximum atomic E-state index is 12.0. The smallest absolute Gasteiger partial charge is 0.242 e. The Morgan fingerprint density at radius 3 is 2.80 bits per heavy atom. The van der Waals surface area contributed by atoms with Crippen LogP contribution in [-0.2, 0) is 16.6 Å². The average molecular weight is 311 g/mol. The first-order chi connectivity index (χ1) is 9.49. The fourth-order valence-corrected chi connectivity index (χ4v) is 2.58. The van der Waals surface area contributed by atoms with Gasteiger partial charge in [0.15, 0.2) is 0 Å². The molecule has 0 fully saturated rings. The third-order valence-electron chi connectivity index (χ3n) is 2.49. The molecule has 0 saturated heterocycles. The van der Waals surface area contributed by atoms with Gasteiger partial charge in [-0.15, -0.1) is 0 Å². The van der Waals surface area contributed by atoms with Gasteiger partial charge in [0.25, 0.3) is 0 Å². The van der Waals surface area contributed by atoms with Crippen molar-refractivity contribution in [2.24, 2.45) is 5.73 Å². The van der Waals surface area contributed by atoms with Gasteiger partial charge in [-0.3, -0.25) is 9.67 Å². The van der Waals surface area contributed by atoms with Crippen molar-refractivity contribution in [3.8, 4) is 0 Å². The second-order valence-electron chi connectivity index (χ2n) is 3.91. The van der Waals surface area contributed by atoms with Crippen LogP contribution in [0.2, 0.25) is 0 Å². The Hall–Kier alpha value is -1.84. The number of thiocarbonyl (C=S) groups is 1. The van der Waals surface area contributed by atoms with Crippen molar-refractivity contribution in [3.05, 3.63) is 42.5 Å². The van der Waals surface area contributed by atoms with Crippen LogP contribution < -0.4 is 10.5 Å². The fraction of sp³-hybridized carbons (Fsp3) is 0.182. The van der Waals surface area contributed by atoms with Crippen molar-refractivity contribution in [3.63, 3.8) is 0 Å². The quantitative estimate of drug-likeness (QED) is 0.722. The first kappa shape index (κ1) is 14.6. The maximum absolute atomic E-state index is 12.0. The molecule has 2 aromatic heterocycles. The van der Waals surface area contributed by atoms with E-state index in [0.717, 1.165) is 0 Å². The zero-order chi connectivity index (χ0) is 14.6. The molecule has 0 radical (unpaired) electrons. The van der Waals surface area contributed by atoms with Gasteiger partial charge in [0.1, 0.15) is 9.88 Å². The van der Waals surface area contributed by atoms with Crippen molar-refractivity contribution in [1.82, 2.24) is 19.5 Å². The van der Waals surface area contributed by atoms with E-state index < -0.39 is 10.0 Å². The lowest BCUT2D eigenvalue weighted by Gasteiger charge is -2.07. The molecular formula is C11H13N5O2S2. The molecule has 3 N–H and O–H groups in total. The van der Waals surface area contributed by atoms with Crippen LogP contribution in [0.1, 0.15) is 5.69 Å². The van der Waals surface area contributed by atoms with E-state index in [9.17, 15) is 8.42 Å². The molecule has 2 rings (SSSR count). The summed E-state index contributed by atoms with van der Waals surface area (Å²) >= 11 is 4.75. The van der Waals surface area contributed by atoms with E-state index in [2.05, 4.69) is 14.8 Å². The monoisotopic (exact) mass is 311 g/mol. The Morgan fingerprint density at radius 1 is 1.45 bits per heavy atom. The second kappa shape index (κ2) is 6.07. The molecule has 0 aliphatic heterocycles. The first-order valence-electron chi connectivity index (χ1n) is 5.72. The first-order valence-corrected chi connectivity index (χ1v) is 7.61. The molecule has 20 heavy (non-hydrogen) atoms. The Balaban J connectivity index is 2.00. The highest BCUT2D eigenvalue weighted by Crippen LogP contribution is 2.07. The molecular weight excluding hydrogens is 298 g/mol. The molecule has 0 saturated carbocycles. The molecule has 0 aliphatic rings. The maximum Gasteiger partial charge on any atom is 0.242 e. The molecule has 0 aromatic carbocycles. The Bertz CT molecular complexity index is 680. The number of hydrogen-bond acceptors (Lipinski definition) is 5. The van der Waals surface area contributed by atoms with Crippen LogP contribution in [0.25, 0.3) is 0 Å². The summed E-state index contributed by atoms with van der Waals surface area (Å²) in [6, 6.07) is 4.66. The van der Waals surface area contributed by atoms with E-state index in [1.165, 1.54) is 18.3 Å². The molecule has 0 amide bonds. The highest BCUT2D eigenvalue weighted by Gasteiger charge is 2.14. The second-order valence-corrected chi connectivity index (χ2v) is 6.12. The normalized spacial score (nSPS) is 11.4. The lowest BCUT2D eigenvalue weighted by atomic mass is 10.3. The lowest BCUT2D eigenvalue weighted by Crippen LogP contribution is -2.27. The van der Waals surface area contributed by atoms with Crippen LogP contribution in [0.15, 0.2) is 41.7 Å². The third-order valence-corrected chi connectivity index (χ3v) is 4.15. The molecule has 106 valence electrons. The minimum atomic E-state index is -3.59. The van der Waals surface area contributed by atoms with Gasteiger partial charge in [0, 0.05) is 25.1 Å². The van der Waals surface area contributed by atoms with Crippen molar-refractivity contribution in [1.29, 1.82) is 0 Å². The van der Waals surface area contributed by atoms with Crippen molar-refractivity contribution in [2.75, 3.05) is 6.54 Å². The van der Waals surface area contributed by atoms with E-state index in [1.54, 1.807) is 23.1 Å². The summed E-state index contributed by atoms with van der Waals surface area (Å²) in [5, 5.41) is 3.98. The SMILES string of the molecule is NC(=S)c1ccc(S(=O)(=O)NCCn2cccn2)cn1. The summed E-state index contributed by atoms with van der Waals surface area (Å²) in [6.45, 7) is 0.686. The van der Waals surface area contributed by atoms with Gasteiger partial charge in [0.05, 0.1) is 12.2 Å². The van der Waals surface area contributed by atoms with E-state index >= 15 is 0 Å². The number of nitrogens with one attached hydrogen (secondary N) is 1. The van der Waals surface area contributed by atoms with Gasteiger partial charge in [-0.2, -0.15) is 5.10 Å². The predicted molar refractivity (Wildman–Crippen MR) is 77.5 cm³/mol. The van der Waals surface area contributed by atoms with Gasteiger partial charge in [-0.25, -0.2) is 13.1 Å². The van der Waals surface area contributed by atoms with Gasteiger partial charge in [0.2, 0.25) is 10.0 Å². The average Bonchev–Trinajstić information content (AvgIpc) is 2.92. The summed E-state index contributed by atoms with van der Waals surface area (Å²) in [7, 11) is -3.59. The van der Waals surface area contributed by atoms with Gasteiger partial charge in [-0.05, 0) is 18.2 Å². The number of sulfonamides is 1. The summed E-state index contributed by atoms with van der Waals surface area (Å²) in [5.41, 5.74) is 5.79. The van der Waals surface area contributed by atoms with Gasteiger partial charge in [-0.1, -0.05) is 12.2 Å². The number of pyridine rings is 1. The van der Waals surface area contributed by atoms with Crippen LogP contribution in [0, 0.1) is 0 Å². The van der Waals surface area contributed by atoms with Crippen molar-refractivity contribution >= 4 is 27.2 Å².